The van der Waals surface area contributed by atoms with Crippen molar-refractivity contribution in [3.8, 4) is 0 Å². The Morgan fingerprint density at radius 1 is 1.29 bits per heavy atom. The molecule has 1 rings (SSSR count). The van der Waals surface area contributed by atoms with Crippen molar-refractivity contribution in [2.75, 3.05) is 5.32 Å². The summed E-state index contributed by atoms with van der Waals surface area (Å²) in [6, 6.07) is 1.82. The molecule has 0 aliphatic heterocycles. The fraction of sp³-hybridized carbons (Fsp3) is 0.200. The number of amides is 1. The summed E-state index contributed by atoms with van der Waals surface area (Å²) in [5.74, 6) is -0.0880. The monoisotopic (exact) mass is 589 g/mol. The normalized spacial score (nSPS) is 10.2. The first-order valence-corrected chi connectivity index (χ1v) is 8.17. The smallest absolute Gasteiger partial charge is 0.254 e. The third-order valence-electron chi connectivity index (χ3n) is 1.95. The average molecular weight is 589 g/mol. The van der Waals surface area contributed by atoms with Gasteiger partial charge in [0.05, 0.1) is 14.8 Å². The Morgan fingerprint density at radius 2 is 1.88 bits per heavy atom. The van der Waals surface area contributed by atoms with Gasteiger partial charge < -0.3 is 5.32 Å². The summed E-state index contributed by atoms with van der Waals surface area (Å²) in [6.07, 6.45) is 0.391. The van der Waals surface area contributed by atoms with Gasteiger partial charge in [0, 0.05) is 13.6 Å². The van der Waals surface area contributed by atoms with Gasteiger partial charge in [0.2, 0.25) is 5.91 Å². The van der Waals surface area contributed by atoms with Crippen molar-refractivity contribution in [3.05, 3.63) is 22.3 Å². The minimum absolute atomic E-state index is 0.0880. The van der Waals surface area contributed by atoms with Crippen molar-refractivity contribution >= 4 is 96.2 Å². The van der Waals surface area contributed by atoms with Gasteiger partial charge in [0.1, 0.15) is 0 Å². The number of carbonyl (C=O) groups excluding carboxylic acids is 2. The summed E-state index contributed by atoms with van der Waals surface area (Å²) in [7, 11) is 0. The minimum atomic E-state index is -0.512. The maximum Gasteiger partial charge on any atom is 0.254 e. The van der Waals surface area contributed by atoms with E-state index in [2.05, 4.69) is 50.5 Å². The number of hydrogen-bond donors (Lipinski definition) is 1. The fourth-order valence-corrected chi connectivity index (χ4v) is 5.76. The van der Waals surface area contributed by atoms with Gasteiger partial charge in [-0.2, -0.15) is 0 Å². The number of rotatable bonds is 3. The number of benzene rings is 1. The molecule has 0 unspecified atom stereocenters. The molecule has 7 heteroatoms. The molecule has 0 atom stereocenters. The second kappa shape index (κ2) is 6.85. The Balaban J connectivity index is 3.35. The van der Waals surface area contributed by atoms with Gasteiger partial charge in [-0.05, 0) is 85.4 Å². The summed E-state index contributed by atoms with van der Waals surface area (Å²) in [6.45, 7) is 1.77. The van der Waals surface area contributed by atoms with Crippen molar-refractivity contribution in [2.45, 2.75) is 13.3 Å². The summed E-state index contributed by atoms with van der Waals surface area (Å²) in [5, 5.41) is 2.27. The number of halogens is 4. The van der Waals surface area contributed by atoms with E-state index in [1.165, 1.54) is 0 Å². The summed E-state index contributed by atoms with van der Waals surface area (Å²) in [5.41, 5.74) is 1.10. The van der Waals surface area contributed by atoms with Gasteiger partial charge in [0.25, 0.3) is 5.24 Å². The molecule has 1 N–H and O–H groups in total. The van der Waals surface area contributed by atoms with Gasteiger partial charge in [-0.15, -0.1) is 0 Å². The van der Waals surface area contributed by atoms with Gasteiger partial charge in [-0.25, -0.2) is 0 Å². The first-order chi connectivity index (χ1) is 7.88. The van der Waals surface area contributed by atoms with Crippen molar-refractivity contribution in [3.63, 3.8) is 0 Å². The van der Waals surface area contributed by atoms with E-state index in [1.54, 1.807) is 6.92 Å². The lowest BCUT2D eigenvalue weighted by molar-refractivity contribution is -0.115. The van der Waals surface area contributed by atoms with Crippen LogP contribution < -0.4 is 5.32 Å². The molecular weight excluding hydrogens is 582 g/mol. The van der Waals surface area contributed by atoms with Crippen molar-refractivity contribution in [1.29, 1.82) is 0 Å². The zero-order chi connectivity index (χ0) is 13.2. The molecule has 0 saturated carbocycles. The molecule has 0 aromatic heterocycles. The Hall–Kier alpha value is 0.840. The van der Waals surface area contributed by atoms with E-state index in [1.807, 2.05) is 28.7 Å². The largest absolute Gasteiger partial charge is 0.324 e. The zero-order valence-electron chi connectivity index (χ0n) is 8.61. The van der Waals surface area contributed by atoms with Crippen LogP contribution in [0, 0.1) is 10.7 Å². The fourth-order valence-electron chi connectivity index (χ4n) is 1.11. The highest BCUT2D eigenvalue weighted by atomic mass is 127. The maximum atomic E-state index is 11.4. The molecule has 1 aromatic rings. The predicted molar refractivity (Wildman–Crippen MR) is 93.7 cm³/mol. The van der Waals surface area contributed by atoms with Crippen molar-refractivity contribution < 1.29 is 9.59 Å². The number of nitrogens with one attached hydrogen (secondary N) is 1. The van der Waals surface area contributed by atoms with Crippen LogP contribution in [0.15, 0.2) is 6.07 Å². The highest BCUT2D eigenvalue weighted by molar-refractivity contribution is 14.1. The van der Waals surface area contributed by atoms with Crippen LogP contribution in [0.4, 0.5) is 5.69 Å². The van der Waals surface area contributed by atoms with E-state index < -0.39 is 5.24 Å². The Morgan fingerprint density at radius 3 is 2.35 bits per heavy atom. The van der Waals surface area contributed by atoms with Crippen LogP contribution in [0.3, 0.4) is 0 Å². The Labute approximate surface area is 145 Å². The second-order valence-electron chi connectivity index (χ2n) is 3.08. The van der Waals surface area contributed by atoms with Crippen LogP contribution in [-0.4, -0.2) is 11.1 Å². The Bertz CT molecular complexity index is 491. The molecule has 0 aliphatic rings. The predicted octanol–water partition coefficient (Wildman–Crippen LogP) is 4.23. The lowest BCUT2D eigenvalue weighted by Gasteiger charge is -2.12. The standard InChI is InChI=1S/C10H7ClI3NO2/c1-2-6(16)15-9-5(13)3-4(12)7(8(9)14)10(11)17/h3H,2H2,1H3,(H,15,16). The highest BCUT2D eigenvalue weighted by Crippen LogP contribution is 2.32. The van der Waals surface area contributed by atoms with Crippen LogP contribution in [0.25, 0.3) is 0 Å². The molecule has 0 radical (unpaired) electrons. The van der Waals surface area contributed by atoms with Gasteiger partial charge in [-0.1, -0.05) is 6.92 Å². The molecular formula is C10H7ClI3NO2. The van der Waals surface area contributed by atoms with E-state index in [9.17, 15) is 9.59 Å². The van der Waals surface area contributed by atoms with Crippen LogP contribution in [0.1, 0.15) is 23.7 Å². The summed E-state index contributed by atoms with van der Waals surface area (Å²) in [4.78, 5) is 22.8. The van der Waals surface area contributed by atoms with Gasteiger partial charge in [0.15, 0.2) is 0 Å². The quantitative estimate of drug-likeness (QED) is 0.424. The van der Waals surface area contributed by atoms with E-state index in [0.717, 1.165) is 7.14 Å². The third-order valence-corrected chi connectivity index (χ3v) is 4.92. The van der Waals surface area contributed by atoms with Crippen LogP contribution in [-0.2, 0) is 4.79 Å². The molecule has 0 heterocycles. The third kappa shape index (κ3) is 3.90. The zero-order valence-corrected chi connectivity index (χ0v) is 15.8. The molecule has 1 aromatic carbocycles. The SMILES string of the molecule is CCC(=O)Nc1c(I)cc(I)c(C(=O)Cl)c1I. The number of anilines is 1. The summed E-state index contributed by atoms with van der Waals surface area (Å²) >= 11 is 11.8. The van der Waals surface area contributed by atoms with Gasteiger partial charge >= 0.3 is 0 Å². The molecule has 0 bridgehead atoms. The van der Waals surface area contributed by atoms with E-state index in [0.29, 0.717) is 21.2 Å². The topological polar surface area (TPSA) is 46.2 Å². The Kier molecular flexibility index (Phi) is 6.40. The number of hydrogen-bond acceptors (Lipinski definition) is 2. The molecule has 0 fully saturated rings. The molecule has 0 spiro atoms. The first-order valence-electron chi connectivity index (χ1n) is 4.55. The molecule has 92 valence electrons. The minimum Gasteiger partial charge on any atom is -0.324 e. The molecule has 0 aliphatic carbocycles. The van der Waals surface area contributed by atoms with Crippen molar-refractivity contribution in [2.24, 2.45) is 0 Å². The van der Waals surface area contributed by atoms with E-state index >= 15 is 0 Å². The van der Waals surface area contributed by atoms with Crippen LogP contribution in [0.5, 0.6) is 0 Å². The molecule has 3 nitrogen and oxygen atoms in total. The van der Waals surface area contributed by atoms with Crippen LogP contribution >= 0.6 is 79.4 Å². The lowest BCUT2D eigenvalue weighted by Crippen LogP contribution is -2.14. The van der Waals surface area contributed by atoms with Crippen LogP contribution in [0.2, 0.25) is 0 Å². The second-order valence-corrected chi connectivity index (χ2v) is 6.83. The van der Waals surface area contributed by atoms with Gasteiger partial charge in [-0.3, -0.25) is 9.59 Å². The lowest BCUT2D eigenvalue weighted by atomic mass is 10.2. The highest BCUT2D eigenvalue weighted by Gasteiger charge is 2.19. The van der Waals surface area contributed by atoms with E-state index in [4.69, 9.17) is 11.6 Å². The molecule has 0 saturated heterocycles. The molecule has 1 amide bonds. The summed E-state index contributed by atoms with van der Waals surface area (Å²) < 4.78 is 2.35. The molecule has 17 heavy (non-hydrogen) atoms. The maximum absolute atomic E-state index is 11.4. The van der Waals surface area contributed by atoms with E-state index in [-0.39, 0.29) is 5.91 Å². The average Bonchev–Trinajstić information content (AvgIpc) is 2.22. The van der Waals surface area contributed by atoms with Crippen molar-refractivity contribution in [1.82, 2.24) is 0 Å². The number of carbonyl (C=O) groups is 2. The first kappa shape index (κ1) is 15.9.